The van der Waals surface area contributed by atoms with E-state index < -0.39 is 0 Å². The molecule has 0 spiro atoms. The van der Waals surface area contributed by atoms with E-state index >= 15 is 0 Å². The molecule has 0 aromatic heterocycles. The summed E-state index contributed by atoms with van der Waals surface area (Å²) >= 11 is 0. The van der Waals surface area contributed by atoms with E-state index in [1.165, 1.54) is 12.8 Å². The van der Waals surface area contributed by atoms with Crippen molar-refractivity contribution in [1.82, 2.24) is 15.1 Å². The van der Waals surface area contributed by atoms with Gasteiger partial charge in [-0.15, -0.1) is 0 Å². The van der Waals surface area contributed by atoms with Gasteiger partial charge in [-0.2, -0.15) is 0 Å². The summed E-state index contributed by atoms with van der Waals surface area (Å²) in [5.41, 5.74) is -0.111. The molecule has 3 aliphatic rings. The number of hydrogen-bond donors (Lipinski definition) is 1. The molecule has 4 nitrogen and oxygen atoms in total. The van der Waals surface area contributed by atoms with Crippen LogP contribution in [-0.2, 0) is 4.79 Å². The van der Waals surface area contributed by atoms with Gasteiger partial charge >= 0.3 is 0 Å². The van der Waals surface area contributed by atoms with Gasteiger partial charge in [0.2, 0.25) is 5.91 Å². The molecule has 1 N–H and O–H groups in total. The number of rotatable bonds is 3. The Hall–Kier alpha value is -0.610. The second kappa shape index (κ2) is 5.41. The lowest BCUT2D eigenvalue weighted by Gasteiger charge is -2.42. The highest BCUT2D eigenvalue weighted by Crippen LogP contribution is 2.33. The molecule has 3 fully saturated rings. The normalized spacial score (nSPS) is 33.4. The van der Waals surface area contributed by atoms with E-state index in [1.807, 2.05) is 0 Å². The van der Waals surface area contributed by atoms with Crippen molar-refractivity contribution in [2.24, 2.45) is 5.41 Å². The second-order valence-electron chi connectivity index (χ2n) is 6.47. The second-order valence-corrected chi connectivity index (χ2v) is 6.47. The summed E-state index contributed by atoms with van der Waals surface area (Å²) in [7, 11) is 0. The molecule has 0 radical (unpaired) electrons. The Morgan fingerprint density at radius 1 is 1.26 bits per heavy atom. The zero-order valence-electron chi connectivity index (χ0n) is 12.2. The number of nitrogens with zero attached hydrogens (tertiary/aromatic N) is 2. The third kappa shape index (κ3) is 2.65. The Labute approximate surface area is 116 Å². The number of hydrogen-bond acceptors (Lipinski definition) is 3. The van der Waals surface area contributed by atoms with E-state index in [4.69, 9.17) is 0 Å². The summed E-state index contributed by atoms with van der Waals surface area (Å²) in [6.45, 7) is 8.18. The van der Waals surface area contributed by atoms with Crippen LogP contribution in [0.4, 0.5) is 0 Å². The fourth-order valence-corrected chi connectivity index (χ4v) is 3.67. The highest BCUT2D eigenvalue weighted by atomic mass is 16.2. The summed E-state index contributed by atoms with van der Waals surface area (Å²) in [5, 5.41) is 3.43. The lowest BCUT2D eigenvalue weighted by molar-refractivity contribution is -0.145. The van der Waals surface area contributed by atoms with E-state index in [0.717, 1.165) is 64.6 Å². The number of carbonyl (C=O) groups excluding carboxylic acids is 1. The molecule has 1 saturated carbocycles. The van der Waals surface area contributed by atoms with Crippen LogP contribution in [0.15, 0.2) is 0 Å². The van der Waals surface area contributed by atoms with Gasteiger partial charge < -0.3 is 10.2 Å². The van der Waals surface area contributed by atoms with Gasteiger partial charge in [-0.1, -0.05) is 6.92 Å². The maximum Gasteiger partial charge on any atom is 0.230 e. The Morgan fingerprint density at radius 2 is 2.00 bits per heavy atom. The van der Waals surface area contributed by atoms with E-state index in [9.17, 15) is 4.79 Å². The highest BCUT2D eigenvalue weighted by molar-refractivity contribution is 5.83. The SMILES string of the molecule is CCC1(C(=O)N2CCN(C3CC3)CC2)CCCNC1. The highest BCUT2D eigenvalue weighted by Gasteiger charge is 2.42. The molecule has 1 atom stereocenters. The van der Waals surface area contributed by atoms with Crippen LogP contribution < -0.4 is 5.32 Å². The van der Waals surface area contributed by atoms with Crippen molar-refractivity contribution in [3.05, 3.63) is 0 Å². The van der Waals surface area contributed by atoms with Gasteiger partial charge in [-0.05, 0) is 38.6 Å². The van der Waals surface area contributed by atoms with Gasteiger partial charge in [-0.25, -0.2) is 0 Å². The zero-order chi connectivity index (χ0) is 13.3. The van der Waals surface area contributed by atoms with Crippen LogP contribution in [0.2, 0.25) is 0 Å². The molecule has 3 rings (SSSR count). The van der Waals surface area contributed by atoms with Gasteiger partial charge in [0.25, 0.3) is 0 Å². The molecule has 1 aliphatic carbocycles. The third-order valence-corrected chi connectivity index (χ3v) is 5.27. The van der Waals surface area contributed by atoms with Crippen LogP contribution in [0.5, 0.6) is 0 Å². The van der Waals surface area contributed by atoms with E-state index in [1.54, 1.807) is 0 Å². The molecule has 2 aliphatic heterocycles. The molecule has 0 aromatic carbocycles. The van der Waals surface area contributed by atoms with E-state index in [0.29, 0.717) is 5.91 Å². The Kier molecular flexibility index (Phi) is 3.81. The Balaban J connectivity index is 1.59. The molecule has 1 unspecified atom stereocenters. The van der Waals surface area contributed by atoms with Crippen LogP contribution in [0, 0.1) is 5.41 Å². The number of piperazine rings is 1. The zero-order valence-corrected chi connectivity index (χ0v) is 12.2. The summed E-state index contributed by atoms with van der Waals surface area (Å²) < 4.78 is 0. The fraction of sp³-hybridized carbons (Fsp3) is 0.933. The van der Waals surface area contributed by atoms with Crippen molar-refractivity contribution < 1.29 is 4.79 Å². The maximum absolute atomic E-state index is 12.9. The van der Waals surface area contributed by atoms with Crippen LogP contribution in [-0.4, -0.2) is 61.0 Å². The number of amides is 1. The van der Waals surface area contributed by atoms with Crippen LogP contribution >= 0.6 is 0 Å². The molecule has 0 aromatic rings. The lowest BCUT2D eigenvalue weighted by atomic mass is 9.77. The van der Waals surface area contributed by atoms with Gasteiger partial charge in [0, 0.05) is 38.8 Å². The van der Waals surface area contributed by atoms with Crippen molar-refractivity contribution in [3.8, 4) is 0 Å². The summed E-state index contributed by atoms with van der Waals surface area (Å²) in [4.78, 5) is 17.6. The summed E-state index contributed by atoms with van der Waals surface area (Å²) in [5.74, 6) is 0.414. The maximum atomic E-state index is 12.9. The van der Waals surface area contributed by atoms with Crippen molar-refractivity contribution in [1.29, 1.82) is 0 Å². The summed E-state index contributed by atoms with van der Waals surface area (Å²) in [6, 6.07) is 0.841. The molecular formula is C15H27N3O. The predicted octanol–water partition coefficient (Wildman–Crippen LogP) is 1.07. The molecule has 4 heteroatoms. The van der Waals surface area contributed by atoms with Crippen molar-refractivity contribution in [2.45, 2.75) is 45.1 Å². The minimum absolute atomic E-state index is 0.111. The monoisotopic (exact) mass is 265 g/mol. The first-order valence-electron chi connectivity index (χ1n) is 7.99. The molecule has 1 amide bonds. The largest absolute Gasteiger partial charge is 0.340 e. The Bertz CT molecular complexity index is 326. The first-order chi connectivity index (χ1) is 9.25. The van der Waals surface area contributed by atoms with Crippen LogP contribution in [0.25, 0.3) is 0 Å². The minimum Gasteiger partial charge on any atom is -0.340 e. The van der Waals surface area contributed by atoms with Crippen molar-refractivity contribution >= 4 is 5.91 Å². The molecule has 2 saturated heterocycles. The molecular weight excluding hydrogens is 238 g/mol. The molecule has 2 heterocycles. The first kappa shape index (κ1) is 13.4. The number of piperidine rings is 1. The smallest absolute Gasteiger partial charge is 0.230 e. The third-order valence-electron chi connectivity index (χ3n) is 5.27. The fourth-order valence-electron chi connectivity index (χ4n) is 3.67. The minimum atomic E-state index is -0.111. The standard InChI is InChI=1S/C15H27N3O/c1-2-15(6-3-7-16-12-15)14(19)18-10-8-17(9-11-18)13-4-5-13/h13,16H,2-12H2,1H3. The average Bonchev–Trinajstić information content (AvgIpc) is 3.32. The molecule has 108 valence electrons. The van der Waals surface area contributed by atoms with E-state index in [2.05, 4.69) is 22.0 Å². The molecule has 0 bridgehead atoms. The number of carbonyl (C=O) groups is 1. The van der Waals surface area contributed by atoms with Gasteiger partial charge in [0.05, 0.1) is 5.41 Å². The quantitative estimate of drug-likeness (QED) is 0.829. The van der Waals surface area contributed by atoms with Crippen molar-refractivity contribution in [3.63, 3.8) is 0 Å². The number of nitrogens with one attached hydrogen (secondary N) is 1. The summed E-state index contributed by atoms with van der Waals surface area (Å²) in [6.07, 6.45) is 5.93. The van der Waals surface area contributed by atoms with Gasteiger partial charge in [0.1, 0.15) is 0 Å². The topological polar surface area (TPSA) is 35.6 Å². The molecule has 19 heavy (non-hydrogen) atoms. The van der Waals surface area contributed by atoms with Crippen molar-refractivity contribution in [2.75, 3.05) is 39.3 Å². The van der Waals surface area contributed by atoms with Crippen LogP contribution in [0.1, 0.15) is 39.0 Å². The Morgan fingerprint density at radius 3 is 2.53 bits per heavy atom. The predicted molar refractivity (Wildman–Crippen MR) is 76.0 cm³/mol. The van der Waals surface area contributed by atoms with Gasteiger partial charge in [-0.3, -0.25) is 9.69 Å². The first-order valence-corrected chi connectivity index (χ1v) is 7.99. The average molecular weight is 265 g/mol. The lowest BCUT2D eigenvalue weighted by Crippen LogP contribution is -2.56. The van der Waals surface area contributed by atoms with E-state index in [-0.39, 0.29) is 5.41 Å². The van der Waals surface area contributed by atoms with Crippen LogP contribution in [0.3, 0.4) is 0 Å². The van der Waals surface area contributed by atoms with Gasteiger partial charge in [0.15, 0.2) is 0 Å².